The summed E-state index contributed by atoms with van der Waals surface area (Å²) in [5, 5.41) is 12.2. The summed E-state index contributed by atoms with van der Waals surface area (Å²) in [7, 11) is 3.16. The van der Waals surface area contributed by atoms with E-state index in [0.717, 1.165) is 0 Å². The van der Waals surface area contributed by atoms with Gasteiger partial charge >= 0.3 is 0 Å². The van der Waals surface area contributed by atoms with Gasteiger partial charge in [0.05, 0.1) is 14.2 Å². The number of ketones is 1. The van der Waals surface area contributed by atoms with Crippen LogP contribution in [0.4, 0.5) is 0 Å². The van der Waals surface area contributed by atoms with Crippen molar-refractivity contribution < 1.29 is 19.4 Å². The molecule has 0 unspecified atom stereocenters. The molecule has 3 rings (SSSR count). The summed E-state index contributed by atoms with van der Waals surface area (Å²) in [5.41, 5.74) is 0.182. The molecule has 0 aliphatic carbocycles. The molecule has 0 saturated heterocycles. The number of hydrogen-bond donors (Lipinski definition) is 1. The molecule has 0 atom stereocenters. The van der Waals surface area contributed by atoms with Gasteiger partial charge in [0, 0.05) is 17.0 Å². The van der Waals surface area contributed by atoms with E-state index in [2.05, 4.69) is 0 Å². The lowest BCUT2D eigenvalue weighted by Gasteiger charge is -2.29. The average molecular weight is 397 g/mol. The molecule has 0 aliphatic rings. The monoisotopic (exact) mass is 396 g/mol. The third-order valence-corrected chi connectivity index (χ3v) is 4.97. The number of benzene rings is 3. The van der Waals surface area contributed by atoms with Crippen molar-refractivity contribution in [1.29, 1.82) is 0 Å². The Bertz CT molecular complexity index is 884. The Morgan fingerprint density at radius 1 is 0.821 bits per heavy atom. The van der Waals surface area contributed by atoms with Crippen LogP contribution in [0.2, 0.25) is 5.02 Å². The molecule has 5 heteroatoms. The predicted molar refractivity (Wildman–Crippen MR) is 109 cm³/mol. The van der Waals surface area contributed by atoms with Gasteiger partial charge in [0.2, 0.25) is 0 Å². The van der Waals surface area contributed by atoms with Crippen LogP contribution in [-0.2, 0) is 5.60 Å². The van der Waals surface area contributed by atoms with E-state index in [1.54, 1.807) is 87.0 Å². The van der Waals surface area contributed by atoms with Crippen molar-refractivity contribution in [3.63, 3.8) is 0 Å². The van der Waals surface area contributed by atoms with Gasteiger partial charge in [-0.25, -0.2) is 0 Å². The number of methoxy groups -OCH3 is 2. The molecule has 3 aromatic rings. The molecule has 1 N–H and O–H groups in total. The summed E-state index contributed by atoms with van der Waals surface area (Å²) in [6.45, 7) is 0. The van der Waals surface area contributed by atoms with Crippen molar-refractivity contribution in [2.24, 2.45) is 0 Å². The zero-order valence-electron chi connectivity index (χ0n) is 15.7. The van der Waals surface area contributed by atoms with Gasteiger partial charge in [-0.05, 0) is 59.7 Å². The highest BCUT2D eigenvalue weighted by Gasteiger charge is 2.34. The van der Waals surface area contributed by atoms with Crippen molar-refractivity contribution in [1.82, 2.24) is 0 Å². The molecule has 28 heavy (non-hydrogen) atoms. The fourth-order valence-electron chi connectivity index (χ4n) is 3.07. The molecule has 3 aromatic carbocycles. The van der Waals surface area contributed by atoms with Crippen LogP contribution in [0.1, 0.15) is 27.9 Å². The standard InChI is InChI=1S/C23H21ClO4/c1-27-20-11-5-17(6-12-20)23(26,18-7-13-21(28-2)14-8-18)15-22(25)16-3-9-19(24)10-4-16/h3-14,26H,15H2,1-2H3. The minimum absolute atomic E-state index is 0.118. The Balaban J connectivity index is 2.01. The third-order valence-electron chi connectivity index (χ3n) is 4.72. The van der Waals surface area contributed by atoms with E-state index in [1.165, 1.54) is 0 Å². The van der Waals surface area contributed by atoms with Crippen molar-refractivity contribution in [2.75, 3.05) is 14.2 Å². The normalized spacial score (nSPS) is 11.1. The highest BCUT2D eigenvalue weighted by atomic mass is 35.5. The largest absolute Gasteiger partial charge is 0.497 e. The van der Waals surface area contributed by atoms with Gasteiger partial charge in [-0.1, -0.05) is 35.9 Å². The van der Waals surface area contributed by atoms with E-state index in [1.807, 2.05) is 0 Å². The first-order valence-electron chi connectivity index (χ1n) is 8.76. The number of Topliss-reactive ketones (excluding diaryl/α,β-unsaturated/α-hetero) is 1. The smallest absolute Gasteiger partial charge is 0.166 e. The van der Waals surface area contributed by atoms with E-state index in [0.29, 0.717) is 33.2 Å². The maximum atomic E-state index is 12.9. The maximum absolute atomic E-state index is 12.9. The minimum atomic E-state index is -1.50. The predicted octanol–water partition coefficient (Wildman–Crippen LogP) is 4.87. The van der Waals surface area contributed by atoms with Crippen molar-refractivity contribution in [3.8, 4) is 11.5 Å². The lowest BCUT2D eigenvalue weighted by molar-refractivity contribution is 0.0583. The molecule has 0 heterocycles. The minimum Gasteiger partial charge on any atom is -0.497 e. The molecule has 0 radical (unpaired) electrons. The zero-order chi connectivity index (χ0) is 20.1. The molecule has 0 saturated carbocycles. The van der Waals surface area contributed by atoms with Crippen LogP contribution >= 0.6 is 11.6 Å². The number of carbonyl (C=O) groups is 1. The van der Waals surface area contributed by atoms with Crippen LogP contribution in [0.3, 0.4) is 0 Å². The SMILES string of the molecule is COc1ccc(C(O)(CC(=O)c2ccc(Cl)cc2)c2ccc(OC)cc2)cc1. The molecule has 4 nitrogen and oxygen atoms in total. The van der Waals surface area contributed by atoms with Gasteiger partial charge in [0.1, 0.15) is 17.1 Å². The summed E-state index contributed by atoms with van der Waals surface area (Å²) < 4.78 is 10.4. The maximum Gasteiger partial charge on any atom is 0.166 e. The number of halogens is 1. The number of rotatable bonds is 7. The molecule has 0 amide bonds. The van der Waals surface area contributed by atoms with Gasteiger partial charge in [0.25, 0.3) is 0 Å². The van der Waals surface area contributed by atoms with Crippen LogP contribution in [0, 0.1) is 0 Å². The van der Waals surface area contributed by atoms with Crippen LogP contribution in [0.25, 0.3) is 0 Å². The third kappa shape index (κ3) is 4.19. The Morgan fingerprint density at radius 3 is 1.64 bits per heavy atom. The molecular weight excluding hydrogens is 376 g/mol. The zero-order valence-corrected chi connectivity index (χ0v) is 16.4. The summed E-state index contributed by atoms with van der Waals surface area (Å²) in [6, 6.07) is 20.7. The molecule has 0 aromatic heterocycles. The van der Waals surface area contributed by atoms with Gasteiger partial charge < -0.3 is 14.6 Å². The Labute approximate surface area is 169 Å². The van der Waals surface area contributed by atoms with E-state index < -0.39 is 5.60 Å². The van der Waals surface area contributed by atoms with E-state index in [4.69, 9.17) is 21.1 Å². The molecule has 144 valence electrons. The summed E-state index contributed by atoms with van der Waals surface area (Å²) in [6.07, 6.45) is -0.118. The number of aliphatic hydroxyl groups is 1. The van der Waals surface area contributed by atoms with Gasteiger partial charge in [0.15, 0.2) is 5.78 Å². The number of carbonyl (C=O) groups excluding carboxylic acids is 1. The molecular formula is C23H21ClO4. The lowest BCUT2D eigenvalue weighted by Crippen LogP contribution is -2.30. The van der Waals surface area contributed by atoms with Gasteiger partial charge in [-0.2, -0.15) is 0 Å². The van der Waals surface area contributed by atoms with Crippen molar-refractivity contribution in [2.45, 2.75) is 12.0 Å². The van der Waals surface area contributed by atoms with Crippen molar-refractivity contribution in [3.05, 3.63) is 94.5 Å². The first-order chi connectivity index (χ1) is 13.5. The van der Waals surface area contributed by atoms with Crippen LogP contribution in [-0.4, -0.2) is 25.1 Å². The topological polar surface area (TPSA) is 55.8 Å². The second-order valence-electron chi connectivity index (χ2n) is 6.42. The highest BCUT2D eigenvalue weighted by molar-refractivity contribution is 6.30. The second-order valence-corrected chi connectivity index (χ2v) is 6.86. The van der Waals surface area contributed by atoms with Crippen LogP contribution < -0.4 is 9.47 Å². The quantitative estimate of drug-likeness (QED) is 0.579. The summed E-state index contributed by atoms with van der Waals surface area (Å²) in [4.78, 5) is 12.9. The van der Waals surface area contributed by atoms with Crippen LogP contribution in [0.5, 0.6) is 11.5 Å². The Kier molecular flexibility index (Phi) is 6.02. The van der Waals surface area contributed by atoms with Gasteiger partial charge in [-0.15, -0.1) is 0 Å². The molecule has 0 bridgehead atoms. The first kappa shape index (κ1) is 19.9. The van der Waals surface area contributed by atoms with Crippen molar-refractivity contribution >= 4 is 17.4 Å². The van der Waals surface area contributed by atoms with E-state index >= 15 is 0 Å². The van der Waals surface area contributed by atoms with Crippen LogP contribution in [0.15, 0.2) is 72.8 Å². The summed E-state index contributed by atoms with van der Waals surface area (Å²) in [5.74, 6) is 1.15. The fourth-order valence-corrected chi connectivity index (χ4v) is 3.20. The second kappa shape index (κ2) is 8.46. The Hall–Kier alpha value is -2.82. The molecule has 0 spiro atoms. The highest BCUT2D eigenvalue weighted by Crippen LogP contribution is 2.36. The fraction of sp³-hybridized carbons (Fsp3) is 0.174. The lowest BCUT2D eigenvalue weighted by atomic mass is 9.81. The van der Waals surface area contributed by atoms with E-state index in [-0.39, 0.29) is 12.2 Å². The number of ether oxygens (including phenoxy) is 2. The average Bonchev–Trinajstić information content (AvgIpc) is 2.74. The summed E-state index contributed by atoms with van der Waals surface area (Å²) >= 11 is 5.91. The molecule has 0 aliphatic heterocycles. The Morgan fingerprint density at radius 2 is 1.25 bits per heavy atom. The van der Waals surface area contributed by atoms with E-state index in [9.17, 15) is 9.90 Å². The molecule has 0 fully saturated rings. The first-order valence-corrected chi connectivity index (χ1v) is 9.14. The number of hydrogen-bond acceptors (Lipinski definition) is 4. The van der Waals surface area contributed by atoms with Gasteiger partial charge in [-0.3, -0.25) is 4.79 Å².